The van der Waals surface area contributed by atoms with E-state index in [0.29, 0.717) is 16.3 Å². The normalized spacial score (nSPS) is 10.7. The van der Waals surface area contributed by atoms with Gasteiger partial charge in [0.05, 0.1) is 10.6 Å². The molecule has 0 aromatic heterocycles. The van der Waals surface area contributed by atoms with Crippen LogP contribution >= 0.6 is 11.6 Å². The molecule has 0 N–H and O–H groups in total. The maximum Gasteiger partial charge on any atom is 0.275 e. The highest BCUT2D eigenvalue weighted by Crippen LogP contribution is 2.23. The number of hydrogen-bond donors (Lipinski definition) is 0. The SMILES string of the molecule is Cc1ccc(S(=O)(=O)N(C#Cc2cccc(Cl)c2)c2ccccc2)cc1. The summed E-state index contributed by atoms with van der Waals surface area (Å²) in [7, 11) is -3.82. The lowest BCUT2D eigenvalue weighted by molar-refractivity contribution is 0.596. The first-order valence-corrected chi connectivity index (χ1v) is 9.73. The first-order chi connectivity index (χ1) is 12.5. The second-order valence-corrected chi connectivity index (χ2v) is 7.89. The van der Waals surface area contributed by atoms with Gasteiger partial charge >= 0.3 is 0 Å². The Labute approximate surface area is 158 Å². The van der Waals surface area contributed by atoms with Gasteiger partial charge in [-0.15, -0.1) is 0 Å². The summed E-state index contributed by atoms with van der Waals surface area (Å²) in [6.07, 6.45) is 0. The van der Waals surface area contributed by atoms with E-state index in [1.807, 2.05) is 13.0 Å². The summed E-state index contributed by atoms with van der Waals surface area (Å²) in [4.78, 5) is 0.187. The van der Waals surface area contributed by atoms with Gasteiger partial charge in [-0.3, -0.25) is 0 Å². The number of sulfonamides is 1. The number of benzene rings is 3. The van der Waals surface area contributed by atoms with Crippen molar-refractivity contribution in [3.8, 4) is 12.0 Å². The Kier molecular flexibility index (Phi) is 5.32. The molecule has 0 amide bonds. The van der Waals surface area contributed by atoms with Crippen molar-refractivity contribution >= 4 is 27.3 Å². The Morgan fingerprint density at radius 2 is 1.58 bits per heavy atom. The van der Waals surface area contributed by atoms with E-state index in [9.17, 15) is 8.42 Å². The minimum atomic E-state index is -3.82. The molecule has 130 valence electrons. The number of rotatable bonds is 3. The highest BCUT2D eigenvalue weighted by molar-refractivity contribution is 7.93. The molecule has 0 atom stereocenters. The first kappa shape index (κ1) is 18.1. The number of anilines is 1. The van der Waals surface area contributed by atoms with Crippen LogP contribution in [0, 0.1) is 18.9 Å². The molecule has 0 unspecified atom stereocenters. The summed E-state index contributed by atoms with van der Waals surface area (Å²) in [5, 5.41) is 0.546. The van der Waals surface area contributed by atoms with Crippen LogP contribution in [-0.2, 0) is 10.0 Å². The van der Waals surface area contributed by atoms with Gasteiger partial charge < -0.3 is 0 Å². The van der Waals surface area contributed by atoms with E-state index in [1.165, 1.54) is 0 Å². The maximum absolute atomic E-state index is 13.1. The van der Waals surface area contributed by atoms with Gasteiger partial charge in [-0.25, -0.2) is 8.42 Å². The number of nitrogens with zero attached hydrogens (tertiary/aromatic N) is 1. The van der Waals surface area contributed by atoms with Crippen LogP contribution in [0.4, 0.5) is 5.69 Å². The molecule has 0 aliphatic rings. The lowest BCUT2D eigenvalue weighted by Gasteiger charge is -2.18. The largest absolute Gasteiger partial charge is 0.275 e. The van der Waals surface area contributed by atoms with Crippen molar-refractivity contribution in [1.29, 1.82) is 0 Å². The van der Waals surface area contributed by atoms with Crippen LogP contribution in [0.1, 0.15) is 11.1 Å². The van der Waals surface area contributed by atoms with E-state index in [1.54, 1.807) is 72.8 Å². The molecule has 26 heavy (non-hydrogen) atoms. The summed E-state index contributed by atoms with van der Waals surface area (Å²) in [6.45, 7) is 1.91. The van der Waals surface area contributed by atoms with Crippen molar-refractivity contribution in [1.82, 2.24) is 0 Å². The van der Waals surface area contributed by atoms with Crippen LogP contribution < -0.4 is 4.31 Å². The van der Waals surface area contributed by atoms with Gasteiger partial charge in [-0.1, -0.05) is 53.6 Å². The smallest absolute Gasteiger partial charge is 0.200 e. The molecule has 0 aliphatic carbocycles. The van der Waals surface area contributed by atoms with E-state index in [0.717, 1.165) is 9.87 Å². The number of aryl methyl sites for hydroxylation is 1. The molecule has 3 nitrogen and oxygen atoms in total. The van der Waals surface area contributed by atoms with Gasteiger partial charge in [0, 0.05) is 16.6 Å². The highest BCUT2D eigenvalue weighted by Gasteiger charge is 2.23. The topological polar surface area (TPSA) is 37.4 Å². The summed E-state index contributed by atoms with van der Waals surface area (Å²) < 4.78 is 27.4. The van der Waals surface area contributed by atoms with Gasteiger partial charge in [0.1, 0.15) is 0 Å². The average Bonchev–Trinajstić information content (AvgIpc) is 2.63. The lowest BCUT2D eigenvalue weighted by atomic mass is 10.2. The van der Waals surface area contributed by atoms with Crippen molar-refractivity contribution in [3.05, 3.63) is 95.0 Å². The van der Waals surface area contributed by atoms with Gasteiger partial charge in [0.25, 0.3) is 10.0 Å². The molecule has 0 bridgehead atoms. The first-order valence-electron chi connectivity index (χ1n) is 7.91. The Morgan fingerprint density at radius 1 is 0.885 bits per heavy atom. The van der Waals surface area contributed by atoms with Crippen molar-refractivity contribution in [2.24, 2.45) is 0 Å². The van der Waals surface area contributed by atoms with Gasteiger partial charge in [0.2, 0.25) is 0 Å². The maximum atomic E-state index is 13.1. The molecule has 0 radical (unpaired) electrons. The van der Waals surface area contributed by atoms with Gasteiger partial charge in [-0.2, -0.15) is 4.31 Å². The molecule has 3 rings (SSSR count). The van der Waals surface area contributed by atoms with Crippen LogP contribution in [0.3, 0.4) is 0 Å². The molecule has 0 aliphatic heterocycles. The van der Waals surface area contributed by atoms with Crippen LogP contribution in [0.25, 0.3) is 0 Å². The third-order valence-electron chi connectivity index (χ3n) is 3.68. The highest BCUT2D eigenvalue weighted by atomic mass is 35.5. The fourth-order valence-corrected chi connectivity index (χ4v) is 3.77. The minimum Gasteiger partial charge on any atom is -0.200 e. The third-order valence-corrected chi connectivity index (χ3v) is 5.56. The van der Waals surface area contributed by atoms with E-state index in [-0.39, 0.29) is 4.90 Å². The van der Waals surface area contributed by atoms with Crippen molar-refractivity contribution in [2.45, 2.75) is 11.8 Å². The Hall–Kier alpha value is -2.74. The number of para-hydroxylation sites is 1. The van der Waals surface area contributed by atoms with Gasteiger partial charge in [-0.05, 0) is 55.3 Å². The minimum absolute atomic E-state index is 0.187. The van der Waals surface area contributed by atoms with Crippen molar-refractivity contribution in [3.63, 3.8) is 0 Å². The summed E-state index contributed by atoms with van der Waals surface area (Å²) in [5.41, 5.74) is 2.10. The molecule has 0 saturated heterocycles. The zero-order valence-corrected chi connectivity index (χ0v) is 15.6. The summed E-state index contributed by atoms with van der Waals surface area (Å²) >= 11 is 5.98. The zero-order valence-electron chi connectivity index (χ0n) is 14.1. The molecule has 0 fully saturated rings. The molecule has 0 saturated carbocycles. The van der Waals surface area contributed by atoms with E-state index >= 15 is 0 Å². The number of hydrogen-bond acceptors (Lipinski definition) is 2. The second kappa shape index (κ2) is 7.65. The Morgan fingerprint density at radius 3 is 2.23 bits per heavy atom. The number of halogens is 1. The van der Waals surface area contributed by atoms with Crippen molar-refractivity contribution < 1.29 is 8.42 Å². The second-order valence-electron chi connectivity index (χ2n) is 5.67. The predicted octanol–water partition coefficient (Wildman–Crippen LogP) is 4.85. The van der Waals surface area contributed by atoms with Gasteiger partial charge in [0.15, 0.2) is 0 Å². The molecular weight excluding hydrogens is 366 g/mol. The molecular formula is C21H16ClNO2S. The molecule has 5 heteroatoms. The van der Waals surface area contributed by atoms with E-state index in [2.05, 4.69) is 12.0 Å². The standard InChI is InChI=1S/C21H16ClNO2S/c1-17-10-12-21(13-11-17)26(24,25)23(20-8-3-2-4-9-20)15-14-18-6-5-7-19(22)16-18/h2-13,16H,1H3. The summed E-state index contributed by atoms with van der Waals surface area (Å²) in [6, 6.07) is 25.2. The van der Waals surface area contributed by atoms with E-state index < -0.39 is 10.0 Å². The fourth-order valence-electron chi connectivity index (χ4n) is 2.32. The molecule has 3 aromatic carbocycles. The Bertz CT molecular complexity index is 1070. The van der Waals surface area contributed by atoms with Crippen LogP contribution in [0.5, 0.6) is 0 Å². The zero-order chi connectivity index (χ0) is 18.6. The van der Waals surface area contributed by atoms with Crippen LogP contribution in [-0.4, -0.2) is 8.42 Å². The van der Waals surface area contributed by atoms with E-state index in [4.69, 9.17) is 11.6 Å². The quantitative estimate of drug-likeness (QED) is 0.480. The summed E-state index contributed by atoms with van der Waals surface area (Å²) in [5.74, 6) is 2.88. The fraction of sp³-hybridized carbons (Fsp3) is 0.0476. The lowest BCUT2D eigenvalue weighted by Crippen LogP contribution is -2.26. The average molecular weight is 382 g/mol. The molecule has 3 aromatic rings. The van der Waals surface area contributed by atoms with Crippen LogP contribution in [0.15, 0.2) is 83.8 Å². The predicted molar refractivity (Wildman–Crippen MR) is 106 cm³/mol. The molecule has 0 heterocycles. The Balaban J connectivity index is 2.09. The van der Waals surface area contributed by atoms with Crippen molar-refractivity contribution in [2.75, 3.05) is 4.31 Å². The molecule has 0 spiro atoms. The third kappa shape index (κ3) is 4.08. The monoisotopic (exact) mass is 381 g/mol. The van der Waals surface area contributed by atoms with Crippen LogP contribution in [0.2, 0.25) is 5.02 Å².